The molecule has 0 N–H and O–H groups in total. The molecule has 6 heteroatoms. The number of nitro benzene ring substituents is 1. The first kappa shape index (κ1) is 15.7. The molecule has 0 fully saturated rings. The van der Waals surface area contributed by atoms with E-state index in [0.717, 1.165) is 23.8 Å². The van der Waals surface area contributed by atoms with Gasteiger partial charge in [-0.2, -0.15) is 0 Å². The van der Waals surface area contributed by atoms with Crippen LogP contribution < -0.4 is 10.4 Å². The molecular weight excluding hydrogens is 310 g/mol. The molecule has 6 nitrogen and oxygen atoms in total. The molecule has 0 saturated heterocycles. The van der Waals surface area contributed by atoms with Crippen molar-refractivity contribution in [2.75, 3.05) is 0 Å². The summed E-state index contributed by atoms with van der Waals surface area (Å²) in [7, 11) is 0. The van der Waals surface area contributed by atoms with Gasteiger partial charge in [-0.3, -0.25) is 10.1 Å². The van der Waals surface area contributed by atoms with E-state index in [4.69, 9.17) is 9.15 Å². The van der Waals surface area contributed by atoms with Crippen LogP contribution in [0.5, 0.6) is 11.5 Å². The predicted molar refractivity (Wildman–Crippen MR) is 89.6 cm³/mol. The fourth-order valence-corrected chi connectivity index (χ4v) is 2.57. The van der Waals surface area contributed by atoms with Gasteiger partial charge >= 0.3 is 11.3 Å². The first-order valence-corrected chi connectivity index (χ1v) is 7.56. The molecule has 0 unspecified atom stereocenters. The largest absolute Gasteiger partial charge is 0.450 e. The number of benzene rings is 2. The standard InChI is InChI=1S/C18H15NO5/c1-2-5-12-10-18(20)24-17-11-13(8-9-14(12)17)23-16-7-4-3-6-15(16)19(21)22/h3-4,6-11H,2,5H2,1H3. The van der Waals surface area contributed by atoms with Crippen molar-refractivity contribution >= 4 is 16.7 Å². The predicted octanol–water partition coefficient (Wildman–Crippen LogP) is 4.45. The summed E-state index contributed by atoms with van der Waals surface area (Å²) >= 11 is 0. The summed E-state index contributed by atoms with van der Waals surface area (Å²) in [5, 5.41) is 11.9. The first-order chi connectivity index (χ1) is 11.6. The molecule has 3 aromatic rings. The van der Waals surface area contributed by atoms with Crippen molar-refractivity contribution in [2.24, 2.45) is 0 Å². The third-order valence-electron chi connectivity index (χ3n) is 3.61. The van der Waals surface area contributed by atoms with E-state index in [9.17, 15) is 14.9 Å². The van der Waals surface area contributed by atoms with E-state index < -0.39 is 10.5 Å². The fraction of sp³-hybridized carbons (Fsp3) is 0.167. The molecule has 0 aliphatic rings. The number of ether oxygens (including phenoxy) is 1. The van der Waals surface area contributed by atoms with Crippen LogP contribution in [-0.4, -0.2) is 4.92 Å². The lowest BCUT2D eigenvalue weighted by Gasteiger charge is -2.08. The van der Waals surface area contributed by atoms with Crippen molar-refractivity contribution in [1.29, 1.82) is 0 Å². The molecule has 3 rings (SSSR count). The number of nitro groups is 1. The summed E-state index contributed by atoms with van der Waals surface area (Å²) in [4.78, 5) is 22.2. The Balaban J connectivity index is 2.03. The Bertz CT molecular complexity index is 961. The van der Waals surface area contributed by atoms with Crippen LogP contribution in [0.4, 0.5) is 5.69 Å². The van der Waals surface area contributed by atoms with Crippen molar-refractivity contribution in [3.63, 3.8) is 0 Å². The molecule has 0 aliphatic carbocycles. The maximum absolute atomic E-state index is 11.7. The van der Waals surface area contributed by atoms with Gasteiger partial charge in [0.25, 0.3) is 0 Å². The van der Waals surface area contributed by atoms with Crippen LogP contribution in [-0.2, 0) is 6.42 Å². The SMILES string of the molecule is CCCc1cc(=O)oc2cc(Oc3ccccc3[N+](=O)[O-])ccc12. The minimum Gasteiger partial charge on any atom is -0.450 e. The van der Waals surface area contributed by atoms with E-state index in [-0.39, 0.29) is 11.4 Å². The molecule has 24 heavy (non-hydrogen) atoms. The Morgan fingerprint density at radius 1 is 1.17 bits per heavy atom. The third kappa shape index (κ3) is 3.12. The molecule has 1 heterocycles. The van der Waals surface area contributed by atoms with Gasteiger partial charge in [0.05, 0.1) is 4.92 Å². The van der Waals surface area contributed by atoms with Crippen LogP contribution in [0.25, 0.3) is 11.0 Å². The number of aryl methyl sites for hydroxylation is 1. The second-order valence-electron chi connectivity index (χ2n) is 5.33. The molecule has 0 spiro atoms. The van der Waals surface area contributed by atoms with Crippen LogP contribution >= 0.6 is 0 Å². The second-order valence-corrected chi connectivity index (χ2v) is 5.33. The third-order valence-corrected chi connectivity index (χ3v) is 3.61. The zero-order valence-corrected chi connectivity index (χ0v) is 13.0. The molecule has 0 saturated carbocycles. The average Bonchev–Trinajstić information content (AvgIpc) is 2.55. The Labute approximate surface area is 137 Å². The average molecular weight is 325 g/mol. The van der Waals surface area contributed by atoms with E-state index in [1.165, 1.54) is 18.2 Å². The highest BCUT2D eigenvalue weighted by Crippen LogP contribution is 2.32. The molecule has 0 bridgehead atoms. The van der Waals surface area contributed by atoms with Crippen LogP contribution in [0.2, 0.25) is 0 Å². The smallest absolute Gasteiger partial charge is 0.336 e. The highest BCUT2D eigenvalue weighted by atomic mass is 16.6. The highest BCUT2D eigenvalue weighted by Gasteiger charge is 2.15. The van der Waals surface area contributed by atoms with Crippen molar-refractivity contribution < 1.29 is 14.1 Å². The number of para-hydroxylation sites is 2. The topological polar surface area (TPSA) is 82.6 Å². The normalized spacial score (nSPS) is 10.7. The van der Waals surface area contributed by atoms with Crippen LogP contribution in [0, 0.1) is 10.1 Å². The summed E-state index contributed by atoms with van der Waals surface area (Å²) in [5.74, 6) is 0.502. The van der Waals surface area contributed by atoms with E-state index in [1.54, 1.807) is 30.3 Å². The molecule has 0 radical (unpaired) electrons. The van der Waals surface area contributed by atoms with Gasteiger partial charge in [-0.05, 0) is 30.2 Å². The minimum atomic E-state index is -0.504. The highest BCUT2D eigenvalue weighted by molar-refractivity contribution is 5.81. The summed E-state index contributed by atoms with van der Waals surface area (Å²) < 4.78 is 10.9. The maximum atomic E-state index is 11.7. The van der Waals surface area contributed by atoms with E-state index in [0.29, 0.717) is 11.3 Å². The molecule has 0 aliphatic heterocycles. The maximum Gasteiger partial charge on any atom is 0.336 e. The van der Waals surface area contributed by atoms with Gasteiger partial charge in [0.1, 0.15) is 11.3 Å². The van der Waals surface area contributed by atoms with Gasteiger partial charge in [-0.1, -0.05) is 25.5 Å². The van der Waals surface area contributed by atoms with Crippen molar-refractivity contribution in [3.05, 3.63) is 74.6 Å². The lowest BCUT2D eigenvalue weighted by molar-refractivity contribution is -0.385. The molecular formula is C18H15NO5. The van der Waals surface area contributed by atoms with Crippen molar-refractivity contribution in [3.8, 4) is 11.5 Å². The molecule has 1 aromatic heterocycles. The lowest BCUT2D eigenvalue weighted by Crippen LogP contribution is -2.00. The molecule has 0 atom stereocenters. The summed E-state index contributed by atoms with van der Waals surface area (Å²) in [6.07, 6.45) is 1.68. The van der Waals surface area contributed by atoms with Gasteiger partial charge < -0.3 is 9.15 Å². The fourth-order valence-electron chi connectivity index (χ4n) is 2.57. The molecule has 2 aromatic carbocycles. The number of hydrogen-bond acceptors (Lipinski definition) is 5. The monoisotopic (exact) mass is 325 g/mol. The molecule has 0 amide bonds. The molecule has 122 valence electrons. The minimum absolute atomic E-state index is 0.126. The van der Waals surface area contributed by atoms with Gasteiger partial charge in [-0.15, -0.1) is 0 Å². The Kier molecular flexibility index (Phi) is 4.29. The van der Waals surface area contributed by atoms with E-state index in [2.05, 4.69) is 0 Å². The Morgan fingerprint density at radius 2 is 1.96 bits per heavy atom. The van der Waals surface area contributed by atoms with Crippen molar-refractivity contribution in [1.82, 2.24) is 0 Å². The van der Waals surface area contributed by atoms with Crippen LogP contribution in [0.3, 0.4) is 0 Å². The second kappa shape index (κ2) is 6.54. The van der Waals surface area contributed by atoms with Gasteiger partial charge in [0, 0.05) is 23.6 Å². The zero-order chi connectivity index (χ0) is 17.1. The van der Waals surface area contributed by atoms with Gasteiger partial charge in [0.15, 0.2) is 0 Å². The summed E-state index contributed by atoms with van der Waals surface area (Å²) in [6.45, 7) is 2.03. The van der Waals surface area contributed by atoms with Crippen LogP contribution in [0.15, 0.2) is 57.7 Å². The van der Waals surface area contributed by atoms with Gasteiger partial charge in [0.2, 0.25) is 5.75 Å². The first-order valence-electron chi connectivity index (χ1n) is 7.56. The Hall–Kier alpha value is -3.15. The number of rotatable bonds is 5. The number of hydrogen-bond donors (Lipinski definition) is 0. The van der Waals surface area contributed by atoms with Crippen LogP contribution in [0.1, 0.15) is 18.9 Å². The number of fused-ring (bicyclic) bond motifs is 1. The lowest BCUT2D eigenvalue weighted by atomic mass is 10.1. The zero-order valence-electron chi connectivity index (χ0n) is 13.0. The van der Waals surface area contributed by atoms with Crippen molar-refractivity contribution in [2.45, 2.75) is 19.8 Å². The quantitative estimate of drug-likeness (QED) is 0.393. The summed E-state index contributed by atoms with van der Waals surface area (Å²) in [6, 6.07) is 12.7. The summed E-state index contributed by atoms with van der Waals surface area (Å²) in [5.41, 5.74) is 0.774. The number of nitrogens with zero attached hydrogens (tertiary/aromatic N) is 1. The Morgan fingerprint density at radius 3 is 2.71 bits per heavy atom. The van der Waals surface area contributed by atoms with Gasteiger partial charge in [-0.25, -0.2) is 4.79 Å². The van der Waals surface area contributed by atoms with E-state index in [1.807, 2.05) is 6.92 Å². The van der Waals surface area contributed by atoms with E-state index >= 15 is 0 Å².